The maximum atomic E-state index is 11.8. The van der Waals surface area contributed by atoms with Gasteiger partial charge in [0.05, 0.1) is 6.20 Å². The van der Waals surface area contributed by atoms with E-state index in [1.54, 1.807) is 12.1 Å². The molecule has 0 spiro atoms. The van der Waals surface area contributed by atoms with Crippen LogP contribution in [0.3, 0.4) is 0 Å². The monoisotopic (exact) mass is 249 g/mol. The lowest BCUT2D eigenvalue weighted by Crippen LogP contribution is -2.20. The zero-order valence-electron chi connectivity index (χ0n) is 9.12. The fraction of sp³-hybridized carbons (Fsp3) is 0.0909. The van der Waals surface area contributed by atoms with Gasteiger partial charge in [0.15, 0.2) is 5.75 Å². The summed E-state index contributed by atoms with van der Waals surface area (Å²) in [6.45, 7) is 0. The molecule has 0 radical (unpaired) electrons. The molecular formula is C11H11N3O2S. The Morgan fingerprint density at radius 3 is 2.82 bits per heavy atom. The highest BCUT2D eigenvalue weighted by atomic mass is 32.2. The lowest BCUT2D eigenvalue weighted by Gasteiger charge is -2.06. The zero-order valence-corrected chi connectivity index (χ0v) is 9.94. The number of anilines is 1. The quantitative estimate of drug-likeness (QED) is 0.782. The zero-order chi connectivity index (χ0) is 12.4. The van der Waals surface area contributed by atoms with Gasteiger partial charge < -0.3 is 10.8 Å². The van der Waals surface area contributed by atoms with E-state index in [1.165, 1.54) is 17.9 Å². The summed E-state index contributed by atoms with van der Waals surface area (Å²) in [5, 5.41) is 13.3. The minimum atomic E-state index is -0.349. The summed E-state index contributed by atoms with van der Waals surface area (Å²) in [6.07, 6.45) is 1.24. The van der Waals surface area contributed by atoms with Crippen molar-refractivity contribution >= 4 is 17.4 Å². The Kier molecular flexibility index (Phi) is 3.06. The molecule has 0 aliphatic rings. The van der Waals surface area contributed by atoms with E-state index in [0.717, 1.165) is 16.7 Å². The Labute approximate surface area is 102 Å². The molecule has 0 unspecified atom stereocenters. The third-order valence-electron chi connectivity index (χ3n) is 2.21. The highest BCUT2D eigenvalue weighted by Crippen LogP contribution is 2.33. The van der Waals surface area contributed by atoms with Gasteiger partial charge in [0.25, 0.3) is 5.56 Å². The fourth-order valence-electron chi connectivity index (χ4n) is 1.29. The number of nitrogen functional groups attached to an aromatic ring is 1. The molecule has 88 valence electrons. The number of nitrogens with two attached hydrogens (primary N) is 1. The Hall–Kier alpha value is -1.95. The number of hydrogen-bond acceptors (Lipinski definition) is 5. The summed E-state index contributed by atoms with van der Waals surface area (Å²) in [5.74, 6) is -0.138. The molecule has 1 heterocycles. The number of aryl methyl sites for hydroxylation is 1. The molecule has 0 bridgehead atoms. The largest absolute Gasteiger partial charge is 0.505 e. The van der Waals surface area contributed by atoms with Crippen LogP contribution in [0.15, 0.2) is 45.0 Å². The van der Waals surface area contributed by atoms with E-state index >= 15 is 0 Å². The second kappa shape index (κ2) is 4.50. The summed E-state index contributed by atoms with van der Waals surface area (Å²) >= 11 is 1.13. The van der Waals surface area contributed by atoms with Crippen LogP contribution >= 0.6 is 11.8 Å². The topological polar surface area (TPSA) is 81.1 Å². The molecule has 2 rings (SSSR count). The van der Waals surface area contributed by atoms with Crippen molar-refractivity contribution in [3.05, 3.63) is 40.8 Å². The molecule has 2 aromatic rings. The first kappa shape index (κ1) is 11.5. The summed E-state index contributed by atoms with van der Waals surface area (Å²) in [5.41, 5.74) is 6.00. The van der Waals surface area contributed by atoms with Gasteiger partial charge in [0.2, 0.25) is 0 Å². The highest BCUT2D eigenvalue weighted by molar-refractivity contribution is 7.99. The third-order valence-corrected chi connectivity index (χ3v) is 3.38. The van der Waals surface area contributed by atoms with Crippen LogP contribution in [0, 0.1) is 0 Å². The molecule has 0 atom stereocenters. The number of para-hydroxylation sites is 1. The third kappa shape index (κ3) is 2.26. The molecule has 5 nitrogen and oxygen atoms in total. The fourth-order valence-corrected chi connectivity index (χ4v) is 2.22. The van der Waals surface area contributed by atoms with Crippen LogP contribution in [-0.4, -0.2) is 14.9 Å². The van der Waals surface area contributed by atoms with E-state index < -0.39 is 0 Å². The van der Waals surface area contributed by atoms with Gasteiger partial charge in [-0.05, 0) is 12.1 Å². The van der Waals surface area contributed by atoms with Crippen LogP contribution in [0.4, 0.5) is 5.69 Å². The Bertz CT molecular complexity index is 610. The second-order valence-corrected chi connectivity index (χ2v) is 4.48. The van der Waals surface area contributed by atoms with E-state index in [0.29, 0.717) is 5.69 Å². The van der Waals surface area contributed by atoms with Crippen molar-refractivity contribution in [2.45, 2.75) is 9.79 Å². The minimum Gasteiger partial charge on any atom is -0.505 e. The molecule has 0 aliphatic heterocycles. The van der Waals surface area contributed by atoms with Crippen molar-refractivity contribution in [3.63, 3.8) is 0 Å². The van der Waals surface area contributed by atoms with E-state index in [2.05, 4.69) is 5.10 Å². The number of hydrogen-bond donors (Lipinski definition) is 2. The molecule has 0 fully saturated rings. The van der Waals surface area contributed by atoms with E-state index in [4.69, 9.17) is 5.73 Å². The van der Waals surface area contributed by atoms with Gasteiger partial charge in [0, 0.05) is 17.6 Å². The van der Waals surface area contributed by atoms with Crippen LogP contribution < -0.4 is 11.3 Å². The van der Waals surface area contributed by atoms with Gasteiger partial charge >= 0.3 is 0 Å². The van der Waals surface area contributed by atoms with Crippen molar-refractivity contribution in [2.24, 2.45) is 7.05 Å². The first-order chi connectivity index (χ1) is 8.09. The molecule has 1 aromatic heterocycles. The SMILES string of the molecule is Cn1ncc(O)c(Sc2ccccc2N)c1=O. The number of benzene rings is 1. The van der Waals surface area contributed by atoms with Crippen LogP contribution in [0.1, 0.15) is 0 Å². The van der Waals surface area contributed by atoms with Crippen LogP contribution in [0.5, 0.6) is 5.75 Å². The summed E-state index contributed by atoms with van der Waals surface area (Å²) < 4.78 is 1.17. The standard InChI is InChI=1S/C11H11N3O2S/c1-14-11(16)10(8(15)6-13-14)17-9-5-3-2-4-7(9)12/h2-6,15H,12H2,1H3. The van der Waals surface area contributed by atoms with Gasteiger partial charge in [-0.2, -0.15) is 5.10 Å². The smallest absolute Gasteiger partial charge is 0.284 e. The number of nitrogens with zero attached hydrogens (tertiary/aromatic N) is 2. The van der Waals surface area contributed by atoms with E-state index in [-0.39, 0.29) is 16.2 Å². The van der Waals surface area contributed by atoms with E-state index in [9.17, 15) is 9.90 Å². The molecule has 17 heavy (non-hydrogen) atoms. The second-order valence-electron chi connectivity index (χ2n) is 3.43. The first-order valence-electron chi connectivity index (χ1n) is 4.87. The lowest BCUT2D eigenvalue weighted by atomic mass is 10.3. The first-order valence-corrected chi connectivity index (χ1v) is 5.69. The molecular weight excluding hydrogens is 238 g/mol. The number of rotatable bonds is 2. The lowest BCUT2D eigenvalue weighted by molar-refractivity contribution is 0.448. The van der Waals surface area contributed by atoms with Crippen molar-refractivity contribution < 1.29 is 5.11 Å². The van der Waals surface area contributed by atoms with Gasteiger partial charge in [-0.1, -0.05) is 23.9 Å². The molecule has 0 saturated carbocycles. The van der Waals surface area contributed by atoms with Crippen LogP contribution in [0.25, 0.3) is 0 Å². The maximum absolute atomic E-state index is 11.8. The molecule has 0 amide bonds. The minimum absolute atomic E-state index is 0.138. The molecule has 0 saturated heterocycles. The summed E-state index contributed by atoms with van der Waals surface area (Å²) in [6, 6.07) is 7.16. The number of aromatic hydroxyl groups is 1. The van der Waals surface area contributed by atoms with Crippen molar-refractivity contribution in [1.82, 2.24) is 9.78 Å². The molecule has 3 N–H and O–H groups in total. The van der Waals surface area contributed by atoms with Crippen molar-refractivity contribution in [1.29, 1.82) is 0 Å². The predicted molar refractivity (Wildman–Crippen MR) is 66.1 cm³/mol. The maximum Gasteiger partial charge on any atom is 0.284 e. The van der Waals surface area contributed by atoms with Crippen molar-refractivity contribution in [3.8, 4) is 5.75 Å². The van der Waals surface area contributed by atoms with Crippen LogP contribution in [-0.2, 0) is 7.05 Å². The van der Waals surface area contributed by atoms with Crippen LogP contribution in [0.2, 0.25) is 0 Å². The van der Waals surface area contributed by atoms with Gasteiger partial charge in [-0.3, -0.25) is 4.79 Å². The summed E-state index contributed by atoms with van der Waals surface area (Å²) in [7, 11) is 1.53. The van der Waals surface area contributed by atoms with E-state index in [1.807, 2.05) is 12.1 Å². The highest BCUT2D eigenvalue weighted by Gasteiger charge is 2.12. The van der Waals surface area contributed by atoms with Crippen molar-refractivity contribution in [2.75, 3.05) is 5.73 Å². The molecule has 1 aromatic carbocycles. The average Bonchev–Trinajstić information content (AvgIpc) is 2.32. The van der Waals surface area contributed by atoms with Gasteiger partial charge in [-0.15, -0.1) is 0 Å². The Morgan fingerprint density at radius 1 is 1.41 bits per heavy atom. The summed E-state index contributed by atoms with van der Waals surface area (Å²) in [4.78, 5) is 12.7. The number of aromatic nitrogens is 2. The Morgan fingerprint density at radius 2 is 2.12 bits per heavy atom. The Balaban J connectivity index is 2.47. The normalized spacial score (nSPS) is 10.4. The van der Waals surface area contributed by atoms with Gasteiger partial charge in [-0.25, -0.2) is 4.68 Å². The van der Waals surface area contributed by atoms with Gasteiger partial charge in [0.1, 0.15) is 4.90 Å². The molecule has 0 aliphatic carbocycles. The molecule has 6 heteroatoms. The average molecular weight is 249 g/mol. The predicted octanol–water partition coefficient (Wildman–Crippen LogP) is 1.22.